The van der Waals surface area contributed by atoms with Crippen LogP contribution in [-0.2, 0) is 97.3 Å². The molecule has 0 aromatic rings. The smallest absolute Gasteiger partial charge is 0.870 e. The first-order valence-corrected chi connectivity index (χ1v) is 0. The second-order valence-corrected chi connectivity index (χ2v) is 0. The second-order valence-electron chi connectivity index (χ2n) is 0. The fourth-order valence-corrected chi connectivity index (χ4v) is 0. The molecule has 0 aliphatic heterocycles. The maximum absolute atomic E-state index is 0. The monoisotopic (exact) mass is 616 g/mol. The Morgan fingerprint density at radius 1 is 0.235 bits per heavy atom. The summed E-state index contributed by atoms with van der Waals surface area (Å²) in [4.78, 5) is 0. The molecule has 0 aliphatic rings. The van der Waals surface area contributed by atoms with Crippen molar-refractivity contribution in [3.8, 4) is 0 Å². The van der Waals surface area contributed by atoms with Gasteiger partial charge in [-0.15, -0.1) is 0 Å². The Bertz CT molecular complexity index is 19.7. The van der Waals surface area contributed by atoms with Crippen LogP contribution in [0.2, 0.25) is 0 Å². The normalized spacial score (nSPS) is 0. The third kappa shape index (κ3) is 748. The Morgan fingerprint density at radius 2 is 0.235 bits per heavy atom. The first-order chi connectivity index (χ1) is 0. The van der Waals surface area contributed by atoms with E-state index in [1.165, 1.54) is 0 Å². The van der Waals surface area contributed by atoms with Gasteiger partial charge in [0.05, 0.1) is 0 Å². The third-order valence-electron chi connectivity index (χ3n) is 0. The average Bonchev–Trinajstić information content (AvgIpc) is 0. The molecular weight excluding hydrogens is 591 g/mol. The van der Waals surface area contributed by atoms with Gasteiger partial charge in [0.25, 0.3) is 0 Å². The zero-order valence-corrected chi connectivity index (χ0v) is 15.8. The quantitative estimate of drug-likeness (QED) is 0.240. The van der Waals surface area contributed by atoms with Crippen molar-refractivity contribution in [3.05, 3.63) is 0 Å². The molecule has 0 saturated carbocycles. The van der Waals surface area contributed by atoms with Crippen molar-refractivity contribution in [1.82, 2.24) is 0 Å². The molecule has 0 fully saturated rings. The summed E-state index contributed by atoms with van der Waals surface area (Å²) in [5.41, 5.74) is 0. The van der Waals surface area contributed by atoms with Gasteiger partial charge in [-0.05, 0) is 0 Å². The number of hydrogen-bond donors (Lipinski definition) is 0. The van der Waals surface area contributed by atoms with Gasteiger partial charge in [-0.3, -0.25) is 0 Å². The minimum atomic E-state index is 0. The molecule has 0 rings (SSSR count). The van der Waals surface area contributed by atoms with Gasteiger partial charge in [0, 0.05) is 63.2 Å². The molecule has 12 nitrogen and oxygen atoms in total. The summed E-state index contributed by atoms with van der Waals surface area (Å²) in [6.45, 7) is 0. The van der Waals surface area contributed by atoms with E-state index >= 15 is 0 Å². The Balaban J connectivity index is 0. The molecule has 0 aromatic heterocycles. The maximum atomic E-state index is 0. The summed E-state index contributed by atoms with van der Waals surface area (Å²) in [7, 11) is 0. The van der Waals surface area contributed by atoms with E-state index < -0.39 is 0 Å². The molecule has 0 atom stereocenters. The fraction of sp³-hybridized carbons (Fsp3) is 0. The van der Waals surface area contributed by atoms with Gasteiger partial charge in [0.1, 0.15) is 0 Å². The first-order valence-electron chi connectivity index (χ1n) is 0. The van der Waals surface area contributed by atoms with Gasteiger partial charge in [0.2, 0.25) is 0 Å². The molecule has 0 amide bonds. The van der Waals surface area contributed by atoms with Crippen LogP contribution < -0.4 is 0 Å². The van der Waals surface area contributed by atoms with Gasteiger partial charge >= 0.3 is 34.1 Å². The van der Waals surface area contributed by atoms with E-state index in [0.29, 0.717) is 0 Å². The van der Waals surface area contributed by atoms with E-state index in [0.717, 1.165) is 0 Å². The second kappa shape index (κ2) is 840. The van der Waals surface area contributed by atoms with E-state index in [1.54, 1.807) is 0 Å². The van der Waals surface area contributed by atoms with Crippen LogP contribution in [0, 0.1) is 0 Å². The van der Waals surface area contributed by atoms with Crippen LogP contribution in [0.4, 0.5) is 0 Å². The van der Waals surface area contributed by atoms with E-state index in [2.05, 4.69) is 0 Å². The molecule has 0 spiro atoms. The van der Waals surface area contributed by atoms with Crippen molar-refractivity contribution in [1.29, 1.82) is 0 Å². The Hall–Kier alpha value is 2.62. The van der Waals surface area contributed by atoms with Crippen LogP contribution in [0.25, 0.3) is 0 Å². The molecule has 0 saturated heterocycles. The molecule has 18 N–H and O–H groups in total. The zero-order chi connectivity index (χ0) is 0. The number of hydrogen-bond acceptors (Lipinski definition) is 6. The predicted octanol–water partition coefficient (Wildman–Crippen LogP) is -6.02. The van der Waals surface area contributed by atoms with Gasteiger partial charge in [0.15, 0.2) is 0 Å². The largest absolute Gasteiger partial charge is 3.00 e. The standard InChI is InChI=1S/2Fe.3Mo.12H2O/h;;;;;12*1H2/q2*+3;;;;;;;;;;;;;;;/p-6. The first kappa shape index (κ1) is 989. The molecule has 2 radical (unpaired) electrons. The summed E-state index contributed by atoms with van der Waals surface area (Å²) in [6.07, 6.45) is 0. The molecule has 0 aromatic carbocycles. The van der Waals surface area contributed by atoms with Crippen molar-refractivity contribution in [2.75, 3.05) is 0 Å². The molecule has 0 bridgehead atoms. The third-order valence-corrected chi connectivity index (χ3v) is 0. The van der Waals surface area contributed by atoms with Gasteiger partial charge in [-0.1, -0.05) is 0 Å². The van der Waals surface area contributed by atoms with Crippen LogP contribution in [0.15, 0.2) is 0 Å². The Labute approximate surface area is 161 Å². The van der Waals surface area contributed by atoms with Crippen molar-refractivity contribution in [2.45, 2.75) is 0 Å². The summed E-state index contributed by atoms with van der Waals surface area (Å²) >= 11 is 0. The SMILES string of the molecule is O.O.O.O.O.O.[Fe+3].[Fe+3].[Mo].[Mo].[Mo].[OH-].[OH-].[OH-].[OH-].[OH-].[OH-]. The Morgan fingerprint density at radius 3 is 0.235 bits per heavy atom. The maximum Gasteiger partial charge on any atom is 3.00 e. The van der Waals surface area contributed by atoms with Crippen LogP contribution in [0.3, 0.4) is 0 Å². The van der Waals surface area contributed by atoms with E-state index in [-0.39, 0.29) is 163 Å². The van der Waals surface area contributed by atoms with Gasteiger partial charge in [-0.25, -0.2) is 0 Å². The fourth-order valence-electron chi connectivity index (χ4n) is 0. The van der Waals surface area contributed by atoms with Gasteiger partial charge in [-0.2, -0.15) is 0 Å². The molecule has 17 heavy (non-hydrogen) atoms. The van der Waals surface area contributed by atoms with Crippen LogP contribution in [0.1, 0.15) is 0 Å². The summed E-state index contributed by atoms with van der Waals surface area (Å²) in [5.74, 6) is 0. The molecule has 0 unspecified atom stereocenters. The van der Waals surface area contributed by atoms with Crippen molar-refractivity contribution >= 4 is 0 Å². The average molecular weight is 610 g/mol. The van der Waals surface area contributed by atoms with Crippen molar-refractivity contribution < 1.29 is 163 Å². The van der Waals surface area contributed by atoms with E-state index in [4.69, 9.17) is 0 Å². The molecule has 0 heterocycles. The van der Waals surface area contributed by atoms with Crippen molar-refractivity contribution in [2.24, 2.45) is 0 Å². The zero-order valence-electron chi connectivity index (χ0n) is 7.62. The molecular formula is H18Fe2Mo3O12. The van der Waals surface area contributed by atoms with Gasteiger partial charge < -0.3 is 65.7 Å². The minimum Gasteiger partial charge on any atom is -0.870 e. The predicted molar refractivity (Wildman–Crippen MR) is 33.3 cm³/mol. The van der Waals surface area contributed by atoms with E-state index in [1.807, 2.05) is 0 Å². The van der Waals surface area contributed by atoms with E-state index in [9.17, 15) is 0 Å². The minimum absolute atomic E-state index is 0. The molecule has 0 aliphatic carbocycles. The summed E-state index contributed by atoms with van der Waals surface area (Å²) < 4.78 is 0. The summed E-state index contributed by atoms with van der Waals surface area (Å²) in [5, 5.41) is 0. The molecule has 17 heteroatoms. The molecule has 124 valence electrons. The van der Waals surface area contributed by atoms with Crippen LogP contribution in [-0.4, -0.2) is 65.7 Å². The topological polar surface area (TPSA) is 369 Å². The Kier molecular flexibility index (Phi) is 48900. The van der Waals surface area contributed by atoms with Crippen LogP contribution in [0.5, 0.6) is 0 Å². The summed E-state index contributed by atoms with van der Waals surface area (Å²) in [6, 6.07) is 0. The van der Waals surface area contributed by atoms with Crippen molar-refractivity contribution in [3.63, 3.8) is 0 Å². The van der Waals surface area contributed by atoms with Crippen LogP contribution >= 0.6 is 0 Å². The number of rotatable bonds is 0.